The van der Waals surface area contributed by atoms with Gasteiger partial charge in [0.25, 0.3) is 0 Å². The van der Waals surface area contributed by atoms with Crippen LogP contribution in [0.1, 0.15) is 39.5 Å². The van der Waals surface area contributed by atoms with Crippen molar-refractivity contribution in [2.24, 2.45) is 17.9 Å². The Morgan fingerprint density at radius 2 is 1.97 bits per heavy atom. The first-order valence-corrected chi connectivity index (χ1v) is 11.5. The molecule has 2 bridgehead atoms. The molecular formula is C25H29FN6O2. The molecule has 2 aliphatic rings. The highest BCUT2D eigenvalue weighted by molar-refractivity contribution is 5.72. The Hall–Kier alpha value is -3.36. The molecule has 178 valence electrons. The van der Waals surface area contributed by atoms with Crippen LogP contribution < -0.4 is 10.6 Å². The predicted octanol–water partition coefficient (Wildman–Crippen LogP) is 3.75. The van der Waals surface area contributed by atoms with Gasteiger partial charge in [-0.25, -0.2) is 14.2 Å². The van der Waals surface area contributed by atoms with Gasteiger partial charge in [-0.15, -0.1) is 10.2 Å². The zero-order valence-corrected chi connectivity index (χ0v) is 19.9. The first-order chi connectivity index (χ1) is 16.1. The second kappa shape index (κ2) is 7.85. The average molecular weight is 465 g/mol. The van der Waals surface area contributed by atoms with E-state index in [1.54, 1.807) is 25.2 Å². The summed E-state index contributed by atoms with van der Waals surface area (Å²) in [6, 6.07) is 8.26. The molecule has 0 amide bonds. The van der Waals surface area contributed by atoms with Gasteiger partial charge in [-0.1, -0.05) is 19.9 Å². The van der Waals surface area contributed by atoms with E-state index in [2.05, 4.69) is 34.0 Å². The number of aromatic nitrogens is 5. The molecule has 1 N–H and O–H groups in total. The summed E-state index contributed by atoms with van der Waals surface area (Å²) in [5.74, 6) is 0.817. The quantitative estimate of drug-likeness (QED) is 0.628. The van der Waals surface area contributed by atoms with Gasteiger partial charge in [-0.3, -0.25) is 4.57 Å². The van der Waals surface area contributed by atoms with Crippen LogP contribution in [0, 0.1) is 10.8 Å². The predicted molar refractivity (Wildman–Crippen MR) is 127 cm³/mol. The highest BCUT2D eigenvalue weighted by Crippen LogP contribution is 2.59. The van der Waals surface area contributed by atoms with Crippen molar-refractivity contribution < 1.29 is 9.50 Å². The summed E-state index contributed by atoms with van der Waals surface area (Å²) in [6.45, 7) is 4.34. The molecule has 5 rings (SSSR count). The third-order valence-corrected chi connectivity index (χ3v) is 7.73. The van der Waals surface area contributed by atoms with Crippen LogP contribution in [0.2, 0.25) is 0 Å². The van der Waals surface area contributed by atoms with Crippen molar-refractivity contribution in [3.8, 4) is 28.4 Å². The Labute approximate surface area is 197 Å². The monoisotopic (exact) mass is 464 g/mol. The number of hydrogen-bond donors (Lipinski definition) is 1. The van der Waals surface area contributed by atoms with E-state index in [-0.39, 0.29) is 28.4 Å². The fourth-order valence-electron chi connectivity index (χ4n) is 5.80. The lowest BCUT2D eigenvalue weighted by atomic mass is 9.67. The van der Waals surface area contributed by atoms with Gasteiger partial charge in [0, 0.05) is 30.6 Å². The molecule has 9 heteroatoms. The number of alkyl halides is 1. The van der Waals surface area contributed by atoms with Gasteiger partial charge < -0.3 is 10.0 Å². The van der Waals surface area contributed by atoms with Crippen LogP contribution in [0.25, 0.3) is 22.6 Å². The molecule has 0 radical (unpaired) electrons. The smallest absolute Gasteiger partial charge is 0.350 e. The van der Waals surface area contributed by atoms with Crippen molar-refractivity contribution in [1.82, 2.24) is 24.7 Å². The molecule has 2 aromatic heterocycles. The Morgan fingerprint density at radius 3 is 2.65 bits per heavy atom. The lowest BCUT2D eigenvalue weighted by Crippen LogP contribution is -2.52. The molecule has 34 heavy (non-hydrogen) atoms. The zero-order chi connectivity index (χ0) is 24.3. The van der Waals surface area contributed by atoms with Gasteiger partial charge in [0.15, 0.2) is 11.6 Å². The minimum Gasteiger partial charge on any atom is -0.507 e. The van der Waals surface area contributed by atoms with Crippen LogP contribution >= 0.6 is 0 Å². The van der Waals surface area contributed by atoms with Crippen LogP contribution in [0.5, 0.6) is 5.75 Å². The summed E-state index contributed by atoms with van der Waals surface area (Å²) < 4.78 is 16.8. The number of aryl methyl sites for hydroxylation is 1. The number of nitrogens with zero attached hydrogens (tertiary/aromatic N) is 6. The van der Waals surface area contributed by atoms with Gasteiger partial charge in [0.2, 0.25) is 0 Å². The van der Waals surface area contributed by atoms with E-state index < -0.39 is 11.9 Å². The lowest BCUT2D eigenvalue weighted by molar-refractivity contribution is 0.0380. The first-order valence-electron chi connectivity index (χ1n) is 11.5. The topological polar surface area (TPSA) is 97.0 Å². The molecule has 2 saturated carbocycles. The molecule has 4 atom stereocenters. The maximum atomic E-state index is 15.5. The Morgan fingerprint density at radius 1 is 1.18 bits per heavy atom. The normalized spacial score (nSPS) is 28.1. The van der Waals surface area contributed by atoms with Crippen molar-refractivity contribution >= 4 is 5.82 Å². The van der Waals surface area contributed by atoms with E-state index in [1.165, 1.54) is 17.0 Å². The van der Waals surface area contributed by atoms with Crippen LogP contribution in [-0.2, 0) is 7.05 Å². The number of phenolic OH excluding ortho intramolecular Hbond substituents is 1. The summed E-state index contributed by atoms with van der Waals surface area (Å²) in [5, 5.41) is 19.3. The Kier molecular flexibility index (Phi) is 5.18. The summed E-state index contributed by atoms with van der Waals surface area (Å²) in [4.78, 5) is 21.8. The molecule has 2 fully saturated rings. The number of rotatable bonds is 4. The number of phenols is 1. The average Bonchev–Trinajstić information content (AvgIpc) is 3.09. The molecule has 1 aromatic carbocycles. The van der Waals surface area contributed by atoms with Crippen LogP contribution in [0.15, 0.2) is 41.5 Å². The van der Waals surface area contributed by atoms with Gasteiger partial charge in [-0.05, 0) is 55.4 Å². The SMILES string of the molecule is CN(c1ccc(-c2ccc(-c3ncn(C)c(=O)n3)cc2O)nn1)[C@H]1C[C@]2(C)CC[C@@](C)(C2)[C@H]1F. The number of fused-ring (bicyclic) bond motifs is 2. The van der Waals surface area contributed by atoms with E-state index in [0.717, 1.165) is 25.7 Å². The minimum atomic E-state index is -0.914. The lowest BCUT2D eigenvalue weighted by Gasteiger charge is -2.46. The van der Waals surface area contributed by atoms with E-state index >= 15 is 4.39 Å². The largest absolute Gasteiger partial charge is 0.507 e. The van der Waals surface area contributed by atoms with Gasteiger partial charge in [0.1, 0.15) is 18.2 Å². The Balaban J connectivity index is 1.38. The summed E-state index contributed by atoms with van der Waals surface area (Å²) in [5.41, 5.74) is 0.970. The summed E-state index contributed by atoms with van der Waals surface area (Å²) in [6.07, 6.45) is 4.21. The molecule has 2 aliphatic carbocycles. The van der Waals surface area contributed by atoms with Crippen LogP contribution in [-0.4, -0.2) is 49.1 Å². The van der Waals surface area contributed by atoms with E-state index in [9.17, 15) is 9.90 Å². The van der Waals surface area contributed by atoms with Crippen molar-refractivity contribution in [2.45, 2.75) is 51.7 Å². The fourth-order valence-corrected chi connectivity index (χ4v) is 5.80. The second-order valence-electron chi connectivity index (χ2n) is 10.5. The number of hydrogen-bond acceptors (Lipinski definition) is 7. The summed E-state index contributed by atoms with van der Waals surface area (Å²) in [7, 11) is 3.45. The zero-order valence-electron chi connectivity index (χ0n) is 19.9. The van der Waals surface area contributed by atoms with Crippen molar-refractivity contribution in [3.63, 3.8) is 0 Å². The number of halogens is 1. The van der Waals surface area contributed by atoms with Gasteiger partial charge in [0.05, 0.1) is 11.7 Å². The molecule has 8 nitrogen and oxygen atoms in total. The Bertz CT molecular complexity index is 1300. The number of benzene rings is 1. The maximum Gasteiger partial charge on any atom is 0.350 e. The van der Waals surface area contributed by atoms with Crippen LogP contribution in [0.3, 0.4) is 0 Å². The van der Waals surface area contributed by atoms with Crippen molar-refractivity contribution in [1.29, 1.82) is 0 Å². The third-order valence-electron chi connectivity index (χ3n) is 7.73. The molecule has 3 aromatic rings. The standard InChI is InChI=1S/C25H29FN6O2/c1-24-9-10-25(2,13-24)21(26)18(12-24)32(4)20-8-7-17(29-30-20)16-6-5-15(11-19(16)33)22-27-14-31(3)23(34)28-22/h5-8,11,14,18,21,33H,9-10,12-13H2,1-4H3/t18-,21-,24-,25-/m0/s1. The van der Waals surface area contributed by atoms with E-state index in [1.807, 2.05) is 18.0 Å². The highest BCUT2D eigenvalue weighted by atomic mass is 19.1. The molecule has 0 saturated heterocycles. The minimum absolute atomic E-state index is 0.0225. The molecule has 0 aliphatic heterocycles. The molecular weight excluding hydrogens is 435 g/mol. The van der Waals surface area contributed by atoms with Crippen LogP contribution in [0.4, 0.5) is 10.2 Å². The third kappa shape index (κ3) is 3.73. The second-order valence-corrected chi connectivity index (χ2v) is 10.5. The fraction of sp³-hybridized carbons (Fsp3) is 0.480. The number of anilines is 1. The maximum absolute atomic E-state index is 15.5. The first kappa shape index (κ1) is 22.4. The molecule has 0 unspecified atom stereocenters. The van der Waals surface area contributed by atoms with Gasteiger partial charge in [-0.2, -0.15) is 4.98 Å². The molecule has 0 spiro atoms. The highest BCUT2D eigenvalue weighted by Gasteiger charge is 2.56. The van der Waals surface area contributed by atoms with Crippen molar-refractivity contribution in [3.05, 3.63) is 47.1 Å². The van der Waals surface area contributed by atoms with E-state index in [4.69, 9.17) is 0 Å². The van der Waals surface area contributed by atoms with Gasteiger partial charge >= 0.3 is 5.69 Å². The molecule has 2 heterocycles. The van der Waals surface area contributed by atoms with Crippen molar-refractivity contribution in [2.75, 3.05) is 11.9 Å². The summed E-state index contributed by atoms with van der Waals surface area (Å²) >= 11 is 0. The number of aromatic hydroxyl groups is 1. The van der Waals surface area contributed by atoms with E-state index in [0.29, 0.717) is 22.6 Å².